The summed E-state index contributed by atoms with van der Waals surface area (Å²) in [6.07, 6.45) is 4.16. The Balaban J connectivity index is 2.00. The molecule has 0 aliphatic rings. The molecule has 0 aliphatic carbocycles. The molecule has 24 heavy (non-hydrogen) atoms. The third-order valence-corrected chi connectivity index (χ3v) is 4.05. The molecule has 0 aliphatic heterocycles. The van der Waals surface area contributed by atoms with E-state index in [1.165, 1.54) is 0 Å². The Morgan fingerprint density at radius 2 is 2.04 bits per heavy atom. The summed E-state index contributed by atoms with van der Waals surface area (Å²) in [7, 11) is 0. The number of carbonyl (C=O) groups is 1. The van der Waals surface area contributed by atoms with Crippen molar-refractivity contribution in [3.63, 3.8) is 0 Å². The number of amides is 2. The highest BCUT2D eigenvalue weighted by Crippen LogP contribution is 2.16. The maximum atomic E-state index is 12.2. The van der Waals surface area contributed by atoms with Gasteiger partial charge in [0, 0.05) is 25.0 Å². The normalized spacial score (nSPS) is 13.5. The lowest BCUT2D eigenvalue weighted by molar-refractivity contribution is 0.216. The minimum Gasteiger partial charge on any atom is -0.396 e. The standard InChI is InChI=1S/C18H26N4O2/c1-13(2)17(8-11-23)21-18(24)20-14(3)15-6-4-7-16(12-15)22-10-5-9-19-22/h4-7,9-10,12-14,17,23H,8,11H2,1-3H3,(H2,20,21,24). The minimum atomic E-state index is -0.223. The Hall–Kier alpha value is -2.34. The SMILES string of the molecule is CC(NC(=O)NC(CCO)C(C)C)c1cccc(-n2cccn2)c1. The van der Waals surface area contributed by atoms with Crippen molar-refractivity contribution in [1.82, 2.24) is 20.4 Å². The number of carbonyl (C=O) groups excluding carboxylic acids is 1. The second-order valence-corrected chi connectivity index (χ2v) is 6.25. The molecule has 0 saturated carbocycles. The summed E-state index contributed by atoms with van der Waals surface area (Å²) in [4.78, 5) is 12.2. The van der Waals surface area contributed by atoms with Gasteiger partial charge < -0.3 is 15.7 Å². The summed E-state index contributed by atoms with van der Waals surface area (Å²) in [5.74, 6) is 0.265. The number of rotatable bonds is 7. The quantitative estimate of drug-likeness (QED) is 0.730. The summed E-state index contributed by atoms with van der Waals surface area (Å²) in [6.45, 7) is 6.05. The number of aromatic nitrogens is 2. The van der Waals surface area contributed by atoms with Crippen molar-refractivity contribution in [3.05, 3.63) is 48.3 Å². The van der Waals surface area contributed by atoms with Gasteiger partial charge in [-0.05, 0) is 43.0 Å². The zero-order valence-electron chi connectivity index (χ0n) is 14.4. The van der Waals surface area contributed by atoms with Crippen molar-refractivity contribution in [3.8, 4) is 5.69 Å². The highest BCUT2D eigenvalue weighted by atomic mass is 16.3. The van der Waals surface area contributed by atoms with E-state index in [0.29, 0.717) is 6.42 Å². The van der Waals surface area contributed by atoms with Crippen LogP contribution in [-0.2, 0) is 0 Å². The van der Waals surface area contributed by atoms with Gasteiger partial charge >= 0.3 is 6.03 Å². The maximum absolute atomic E-state index is 12.2. The van der Waals surface area contributed by atoms with Gasteiger partial charge in [-0.1, -0.05) is 26.0 Å². The van der Waals surface area contributed by atoms with Crippen LogP contribution in [-0.4, -0.2) is 33.6 Å². The molecular formula is C18H26N4O2. The van der Waals surface area contributed by atoms with Crippen LogP contribution in [0.4, 0.5) is 4.79 Å². The van der Waals surface area contributed by atoms with Crippen molar-refractivity contribution in [2.24, 2.45) is 5.92 Å². The van der Waals surface area contributed by atoms with Gasteiger partial charge in [-0.3, -0.25) is 0 Å². The van der Waals surface area contributed by atoms with Crippen LogP contribution in [0, 0.1) is 5.92 Å². The fourth-order valence-electron chi connectivity index (χ4n) is 2.56. The van der Waals surface area contributed by atoms with E-state index >= 15 is 0 Å². The molecule has 6 heteroatoms. The van der Waals surface area contributed by atoms with Crippen LogP contribution in [0.3, 0.4) is 0 Å². The van der Waals surface area contributed by atoms with Gasteiger partial charge in [-0.2, -0.15) is 5.10 Å². The number of aliphatic hydroxyl groups is 1. The molecule has 6 nitrogen and oxygen atoms in total. The number of nitrogens with one attached hydrogen (secondary N) is 2. The average Bonchev–Trinajstić information content (AvgIpc) is 3.09. The zero-order valence-corrected chi connectivity index (χ0v) is 14.4. The van der Waals surface area contributed by atoms with Crippen LogP contribution in [0.1, 0.15) is 38.8 Å². The van der Waals surface area contributed by atoms with E-state index in [0.717, 1.165) is 11.3 Å². The van der Waals surface area contributed by atoms with Gasteiger partial charge in [0.1, 0.15) is 0 Å². The number of hydrogen-bond acceptors (Lipinski definition) is 3. The number of hydrogen-bond donors (Lipinski definition) is 3. The Bertz CT molecular complexity index is 640. The fourth-order valence-corrected chi connectivity index (χ4v) is 2.56. The Kier molecular flexibility index (Phi) is 6.37. The molecule has 0 fully saturated rings. The molecule has 0 radical (unpaired) electrons. The fraction of sp³-hybridized carbons (Fsp3) is 0.444. The number of aliphatic hydroxyl groups excluding tert-OH is 1. The van der Waals surface area contributed by atoms with Crippen molar-refractivity contribution >= 4 is 6.03 Å². The highest BCUT2D eigenvalue weighted by Gasteiger charge is 2.17. The molecule has 2 rings (SSSR count). The van der Waals surface area contributed by atoms with Crippen LogP contribution in [0.2, 0.25) is 0 Å². The van der Waals surface area contributed by atoms with E-state index in [1.54, 1.807) is 10.9 Å². The van der Waals surface area contributed by atoms with Crippen molar-refractivity contribution in [1.29, 1.82) is 0 Å². The summed E-state index contributed by atoms with van der Waals surface area (Å²) >= 11 is 0. The number of nitrogens with zero attached hydrogens (tertiary/aromatic N) is 2. The smallest absolute Gasteiger partial charge is 0.315 e. The predicted octanol–water partition coefficient (Wildman–Crippen LogP) is 2.64. The van der Waals surface area contributed by atoms with E-state index in [4.69, 9.17) is 5.11 Å². The predicted molar refractivity (Wildman–Crippen MR) is 94.0 cm³/mol. The summed E-state index contributed by atoms with van der Waals surface area (Å²) in [5, 5.41) is 19.2. The zero-order chi connectivity index (χ0) is 17.5. The molecule has 1 aromatic carbocycles. The van der Waals surface area contributed by atoms with E-state index in [9.17, 15) is 4.79 Å². The summed E-state index contributed by atoms with van der Waals surface area (Å²) in [6, 6.07) is 9.37. The van der Waals surface area contributed by atoms with Crippen molar-refractivity contribution in [2.45, 2.75) is 39.3 Å². The van der Waals surface area contributed by atoms with Crippen LogP contribution in [0.25, 0.3) is 5.69 Å². The molecule has 130 valence electrons. The second kappa shape index (κ2) is 8.49. The first-order chi connectivity index (χ1) is 11.5. The molecular weight excluding hydrogens is 304 g/mol. The lowest BCUT2D eigenvalue weighted by Gasteiger charge is -2.23. The minimum absolute atomic E-state index is 0.0439. The second-order valence-electron chi connectivity index (χ2n) is 6.25. The van der Waals surface area contributed by atoms with E-state index in [-0.39, 0.29) is 30.6 Å². The Labute approximate surface area is 142 Å². The van der Waals surface area contributed by atoms with Crippen LogP contribution < -0.4 is 10.6 Å². The topological polar surface area (TPSA) is 79.2 Å². The van der Waals surface area contributed by atoms with Gasteiger partial charge in [0.2, 0.25) is 0 Å². The molecule has 2 atom stereocenters. The maximum Gasteiger partial charge on any atom is 0.315 e. The van der Waals surface area contributed by atoms with E-state index in [2.05, 4.69) is 15.7 Å². The molecule has 2 aromatic rings. The first-order valence-electron chi connectivity index (χ1n) is 8.29. The molecule has 0 spiro atoms. The largest absolute Gasteiger partial charge is 0.396 e. The molecule has 0 bridgehead atoms. The van der Waals surface area contributed by atoms with Gasteiger partial charge in [-0.15, -0.1) is 0 Å². The Morgan fingerprint density at radius 1 is 1.25 bits per heavy atom. The Morgan fingerprint density at radius 3 is 2.67 bits per heavy atom. The third-order valence-electron chi connectivity index (χ3n) is 4.05. The van der Waals surface area contributed by atoms with Crippen molar-refractivity contribution < 1.29 is 9.90 Å². The van der Waals surface area contributed by atoms with Gasteiger partial charge in [0.25, 0.3) is 0 Å². The van der Waals surface area contributed by atoms with Crippen LogP contribution in [0.15, 0.2) is 42.7 Å². The number of benzene rings is 1. The lowest BCUT2D eigenvalue weighted by atomic mass is 10.0. The van der Waals surface area contributed by atoms with Gasteiger partial charge in [-0.25, -0.2) is 9.48 Å². The molecule has 0 saturated heterocycles. The summed E-state index contributed by atoms with van der Waals surface area (Å²) < 4.78 is 1.78. The molecule has 2 amide bonds. The van der Waals surface area contributed by atoms with E-state index < -0.39 is 0 Å². The van der Waals surface area contributed by atoms with Gasteiger partial charge in [0.15, 0.2) is 0 Å². The van der Waals surface area contributed by atoms with Crippen LogP contribution >= 0.6 is 0 Å². The molecule has 1 heterocycles. The monoisotopic (exact) mass is 330 g/mol. The summed E-state index contributed by atoms with van der Waals surface area (Å²) in [5.41, 5.74) is 1.95. The highest BCUT2D eigenvalue weighted by molar-refractivity contribution is 5.74. The lowest BCUT2D eigenvalue weighted by Crippen LogP contribution is -2.45. The first-order valence-corrected chi connectivity index (χ1v) is 8.29. The number of urea groups is 1. The van der Waals surface area contributed by atoms with Gasteiger partial charge in [0.05, 0.1) is 11.7 Å². The average molecular weight is 330 g/mol. The third kappa shape index (κ3) is 4.83. The van der Waals surface area contributed by atoms with E-state index in [1.807, 2.05) is 57.3 Å². The van der Waals surface area contributed by atoms with Crippen molar-refractivity contribution in [2.75, 3.05) is 6.61 Å². The molecule has 2 unspecified atom stereocenters. The van der Waals surface area contributed by atoms with Crippen LogP contribution in [0.5, 0.6) is 0 Å². The first kappa shape index (κ1) is 18.0. The molecule has 1 aromatic heterocycles. The molecule has 3 N–H and O–H groups in total.